The molecule has 4 heterocycles. The van der Waals surface area contributed by atoms with E-state index in [4.69, 9.17) is 0 Å². The Morgan fingerprint density at radius 2 is 2.14 bits per heavy atom. The molecule has 0 radical (unpaired) electrons. The normalized spacial score (nSPS) is 25.9. The van der Waals surface area contributed by atoms with Crippen molar-refractivity contribution in [1.82, 2.24) is 15.2 Å². The molecule has 0 fully saturated rings. The molecule has 5 nitrogen and oxygen atoms in total. The Balaban J connectivity index is 1.58. The summed E-state index contributed by atoms with van der Waals surface area (Å²) in [5, 5.41) is 5.98. The minimum atomic E-state index is 0.0104. The molecular weight excluding hydrogens is 284 g/mol. The zero-order chi connectivity index (χ0) is 14.2. The van der Waals surface area contributed by atoms with E-state index < -0.39 is 0 Å². The Hall–Kier alpha value is -2.21. The first-order chi connectivity index (χ1) is 10.3. The largest absolute Gasteiger partial charge is 0.350 e. The number of amidine groups is 1. The third kappa shape index (κ3) is 2.12. The molecule has 0 aliphatic carbocycles. The van der Waals surface area contributed by atoms with Gasteiger partial charge in [0.2, 0.25) is 0 Å². The van der Waals surface area contributed by atoms with Crippen molar-refractivity contribution in [2.24, 2.45) is 10.9 Å². The van der Waals surface area contributed by atoms with E-state index in [9.17, 15) is 4.79 Å². The predicted octanol–water partition coefficient (Wildman–Crippen LogP) is 1.90. The molecule has 1 N–H and O–H groups in total. The Morgan fingerprint density at radius 1 is 1.29 bits per heavy atom. The molecule has 0 saturated carbocycles. The number of carbonyl (C=O) groups excluding carboxylic acids is 1. The fraction of sp³-hybridized carbons (Fsp3) is 0.267. The molecule has 3 aliphatic rings. The zero-order valence-corrected chi connectivity index (χ0v) is 12.1. The molecule has 106 valence electrons. The lowest BCUT2D eigenvalue weighted by atomic mass is 9.90. The first-order valence-corrected chi connectivity index (χ1v) is 7.78. The van der Waals surface area contributed by atoms with Crippen molar-refractivity contribution < 1.29 is 4.79 Å². The summed E-state index contributed by atoms with van der Waals surface area (Å²) in [4.78, 5) is 23.0. The van der Waals surface area contributed by atoms with Gasteiger partial charge in [-0.15, -0.1) is 11.3 Å². The molecule has 0 saturated heterocycles. The smallest absolute Gasteiger partial charge is 0.273 e. The van der Waals surface area contributed by atoms with Crippen molar-refractivity contribution in [3.63, 3.8) is 0 Å². The van der Waals surface area contributed by atoms with E-state index in [1.807, 2.05) is 29.9 Å². The molecule has 1 aromatic heterocycles. The summed E-state index contributed by atoms with van der Waals surface area (Å²) in [5.74, 6) is 1.33. The summed E-state index contributed by atoms with van der Waals surface area (Å²) in [5.41, 5.74) is 0.547. The van der Waals surface area contributed by atoms with E-state index >= 15 is 0 Å². The van der Waals surface area contributed by atoms with Crippen LogP contribution in [0.5, 0.6) is 0 Å². The van der Waals surface area contributed by atoms with Crippen molar-refractivity contribution in [3.8, 4) is 0 Å². The number of allylic oxidation sites excluding steroid dienone is 1. The van der Waals surface area contributed by atoms with Crippen LogP contribution < -0.4 is 5.32 Å². The standard InChI is InChI=1S/C15H14N4OS/c20-15(19-7-1-2-8-19)12-9-21-14(18-12)11-4-6-17-13-10(11)3-5-16-13/h1-6,9-11H,7-8H2,(H,16,17). The SMILES string of the molecule is O=C(c1csc(C2C=CNC3=NC=CC32)n1)N1CC=CC1. The lowest BCUT2D eigenvalue weighted by Gasteiger charge is -2.23. The van der Waals surface area contributed by atoms with E-state index in [-0.39, 0.29) is 17.7 Å². The van der Waals surface area contributed by atoms with Gasteiger partial charge in [0.25, 0.3) is 5.91 Å². The molecule has 2 unspecified atom stereocenters. The fourth-order valence-corrected chi connectivity index (χ4v) is 3.67. The van der Waals surface area contributed by atoms with Crippen molar-refractivity contribution in [1.29, 1.82) is 0 Å². The van der Waals surface area contributed by atoms with E-state index in [1.54, 1.807) is 16.2 Å². The van der Waals surface area contributed by atoms with Crippen LogP contribution in [0.4, 0.5) is 0 Å². The predicted molar refractivity (Wildman–Crippen MR) is 82.2 cm³/mol. The van der Waals surface area contributed by atoms with Crippen LogP contribution >= 0.6 is 11.3 Å². The van der Waals surface area contributed by atoms with E-state index in [2.05, 4.69) is 27.4 Å². The van der Waals surface area contributed by atoms with Crippen LogP contribution in [0.25, 0.3) is 0 Å². The van der Waals surface area contributed by atoms with E-state index in [0.29, 0.717) is 18.8 Å². The molecule has 4 rings (SSSR count). The molecule has 2 atom stereocenters. The number of amides is 1. The molecule has 0 bridgehead atoms. The summed E-state index contributed by atoms with van der Waals surface area (Å²) in [6, 6.07) is 0. The molecule has 3 aliphatic heterocycles. The molecule has 0 spiro atoms. The van der Waals surface area contributed by atoms with Crippen molar-refractivity contribution in [3.05, 3.63) is 52.8 Å². The third-order valence-corrected chi connectivity index (χ3v) is 4.82. The number of hydrogen-bond donors (Lipinski definition) is 1. The lowest BCUT2D eigenvalue weighted by Crippen LogP contribution is -2.32. The Bertz CT molecular complexity index is 692. The van der Waals surface area contributed by atoms with Crippen LogP contribution in [0, 0.1) is 5.92 Å². The number of hydrogen-bond acceptors (Lipinski definition) is 5. The molecule has 1 amide bonds. The molecule has 1 aromatic rings. The highest BCUT2D eigenvalue weighted by Gasteiger charge is 2.31. The Labute approximate surface area is 126 Å². The van der Waals surface area contributed by atoms with E-state index in [0.717, 1.165) is 10.8 Å². The first-order valence-electron chi connectivity index (χ1n) is 6.90. The van der Waals surface area contributed by atoms with Crippen LogP contribution in [-0.4, -0.2) is 34.7 Å². The third-order valence-electron chi connectivity index (χ3n) is 3.88. The topological polar surface area (TPSA) is 57.6 Å². The maximum Gasteiger partial charge on any atom is 0.273 e. The van der Waals surface area contributed by atoms with E-state index in [1.165, 1.54) is 0 Å². The summed E-state index contributed by atoms with van der Waals surface area (Å²) >= 11 is 1.55. The van der Waals surface area contributed by atoms with Crippen LogP contribution in [0.1, 0.15) is 21.4 Å². The van der Waals surface area contributed by atoms with Gasteiger partial charge < -0.3 is 10.2 Å². The number of nitrogens with zero attached hydrogens (tertiary/aromatic N) is 3. The maximum atomic E-state index is 12.3. The van der Waals surface area contributed by atoms with Crippen LogP contribution in [0.2, 0.25) is 0 Å². The highest BCUT2D eigenvalue weighted by atomic mass is 32.1. The fourth-order valence-electron chi connectivity index (χ4n) is 2.75. The van der Waals surface area contributed by atoms with Gasteiger partial charge in [-0.25, -0.2) is 9.98 Å². The zero-order valence-electron chi connectivity index (χ0n) is 11.3. The van der Waals surface area contributed by atoms with Gasteiger partial charge in [0.1, 0.15) is 16.5 Å². The average molecular weight is 298 g/mol. The van der Waals surface area contributed by atoms with Crippen molar-refractivity contribution in [2.45, 2.75) is 5.92 Å². The summed E-state index contributed by atoms with van der Waals surface area (Å²) in [6.45, 7) is 1.36. The summed E-state index contributed by atoms with van der Waals surface area (Å²) < 4.78 is 0. The maximum absolute atomic E-state index is 12.3. The molecule has 21 heavy (non-hydrogen) atoms. The van der Waals surface area contributed by atoms with Crippen LogP contribution in [0.15, 0.2) is 47.1 Å². The van der Waals surface area contributed by atoms with Gasteiger partial charge in [0, 0.05) is 36.5 Å². The van der Waals surface area contributed by atoms with Crippen LogP contribution in [-0.2, 0) is 0 Å². The number of rotatable bonds is 2. The number of aliphatic imine (C=N–C) groups is 1. The molecule has 0 aromatic carbocycles. The molecular formula is C15H14N4OS. The minimum Gasteiger partial charge on any atom is -0.350 e. The second-order valence-electron chi connectivity index (χ2n) is 5.16. The monoisotopic (exact) mass is 298 g/mol. The highest BCUT2D eigenvalue weighted by molar-refractivity contribution is 7.10. The molecule has 6 heteroatoms. The number of nitrogens with one attached hydrogen (secondary N) is 1. The second-order valence-corrected chi connectivity index (χ2v) is 6.05. The van der Waals surface area contributed by atoms with Gasteiger partial charge in [0.15, 0.2) is 0 Å². The van der Waals surface area contributed by atoms with Gasteiger partial charge in [0.05, 0.1) is 0 Å². The summed E-state index contributed by atoms with van der Waals surface area (Å²) in [6.07, 6.45) is 11.9. The second kappa shape index (κ2) is 4.96. The highest BCUT2D eigenvalue weighted by Crippen LogP contribution is 2.34. The Kier molecular flexibility index (Phi) is 2.96. The van der Waals surface area contributed by atoms with Crippen molar-refractivity contribution in [2.75, 3.05) is 13.1 Å². The number of thiazole rings is 1. The lowest BCUT2D eigenvalue weighted by molar-refractivity contribution is 0.0795. The van der Waals surface area contributed by atoms with Gasteiger partial charge in [-0.05, 0) is 6.20 Å². The van der Waals surface area contributed by atoms with Gasteiger partial charge in [-0.3, -0.25) is 4.79 Å². The van der Waals surface area contributed by atoms with Crippen LogP contribution in [0.3, 0.4) is 0 Å². The average Bonchev–Trinajstić information content (AvgIpc) is 3.25. The van der Waals surface area contributed by atoms with Gasteiger partial charge >= 0.3 is 0 Å². The van der Waals surface area contributed by atoms with Gasteiger partial charge in [-0.1, -0.05) is 24.3 Å². The number of aromatic nitrogens is 1. The summed E-state index contributed by atoms with van der Waals surface area (Å²) in [7, 11) is 0. The quantitative estimate of drug-likeness (QED) is 0.848. The Morgan fingerprint density at radius 3 is 3.00 bits per heavy atom. The minimum absolute atomic E-state index is 0.0104. The number of fused-ring (bicyclic) bond motifs is 1. The number of carbonyl (C=O) groups is 1. The van der Waals surface area contributed by atoms with Gasteiger partial charge in [-0.2, -0.15) is 0 Å². The van der Waals surface area contributed by atoms with Crippen molar-refractivity contribution >= 4 is 23.1 Å². The first kappa shape index (κ1) is 12.5.